The molecule has 0 aromatic carbocycles. The maximum atomic E-state index is 12.1. The Bertz CT molecular complexity index is 200. The first-order valence-electron chi connectivity index (χ1n) is 5.11. The molecule has 1 aliphatic rings. The minimum atomic E-state index is 0.0100. The van der Waals surface area contributed by atoms with Crippen LogP contribution in [0.15, 0.2) is 0 Å². The molecule has 0 N–H and O–H groups in total. The molecule has 0 amide bonds. The Morgan fingerprint density at radius 2 is 2.23 bits per heavy atom. The molecule has 1 fully saturated rings. The predicted octanol–water partition coefficient (Wildman–Crippen LogP) is 3.45. The quantitative estimate of drug-likeness (QED) is 0.575. The third-order valence-electron chi connectivity index (χ3n) is 3.39. The van der Waals surface area contributed by atoms with Crippen LogP contribution in [-0.2, 0) is 4.79 Å². The van der Waals surface area contributed by atoms with Gasteiger partial charge in [0.2, 0.25) is 0 Å². The summed E-state index contributed by atoms with van der Waals surface area (Å²) in [5, 5.41) is 0. The number of ketones is 1. The van der Waals surface area contributed by atoms with Crippen molar-refractivity contribution in [1.82, 2.24) is 0 Å². The van der Waals surface area contributed by atoms with Crippen LogP contribution in [0.5, 0.6) is 0 Å². The van der Waals surface area contributed by atoms with Gasteiger partial charge in [-0.3, -0.25) is 4.79 Å². The first-order valence-corrected chi connectivity index (χ1v) is 6.64. The SMILES string of the molecule is CC(C)C1CC[C@](C)(CCI)C1=O. The maximum absolute atomic E-state index is 12.1. The van der Waals surface area contributed by atoms with E-state index in [9.17, 15) is 4.79 Å². The van der Waals surface area contributed by atoms with E-state index in [0.29, 0.717) is 17.6 Å². The van der Waals surface area contributed by atoms with Crippen molar-refractivity contribution in [3.63, 3.8) is 0 Å². The number of hydrogen-bond acceptors (Lipinski definition) is 1. The standard InChI is InChI=1S/C11H19IO/c1-8(2)9-4-5-11(3,6-7-12)10(9)13/h8-9H,4-7H2,1-3H3/t9?,11-/m1/s1. The zero-order valence-electron chi connectivity index (χ0n) is 8.77. The number of carbonyl (C=O) groups is 1. The van der Waals surface area contributed by atoms with Crippen LogP contribution in [-0.4, -0.2) is 10.2 Å². The van der Waals surface area contributed by atoms with Crippen LogP contribution < -0.4 is 0 Å². The highest BCUT2D eigenvalue weighted by molar-refractivity contribution is 14.1. The van der Waals surface area contributed by atoms with E-state index in [1.54, 1.807) is 0 Å². The van der Waals surface area contributed by atoms with Crippen molar-refractivity contribution < 1.29 is 4.79 Å². The van der Waals surface area contributed by atoms with Crippen LogP contribution >= 0.6 is 22.6 Å². The molecule has 1 nitrogen and oxygen atoms in total. The first-order chi connectivity index (χ1) is 6.01. The molecule has 0 saturated heterocycles. The van der Waals surface area contributed by atoms with Gasteiger partial charge >= 0.3 is 0 Å². The first kappa shape index (κ1) is 11.5. The second-order valence-electron chi connectivity index (χ2n) is 4.75. The molecule has 1 rings (SSSR count). The summed E-state index contributed by atoms with van der Waals surface area (Å²) in [6.07, 6.45) is 3.29. The summed E-state index contributed by atoms with van der Waals surface area (Å²) in [6, 6.07) is 0. The van der Waals surface area contributed by atoms with E-state index in [2.05, 4.69) is 43.4 Å². The van der Waals surface area contributed by atoms with Gasteiger partial charge < -0.3 is 0 Å². The largest absolute Gasteiger partial charge is 0.299 e. The molecule has 76 valence electrons. The molecule has 0 heterocycles. The molecule has 1 aliphatic carbocycles. The lowest BCUT2D eigenvalue weighted by molar-refractivity contribution is -0.129. The van der Waals surface area contributed by atoms with Gasteiger partial charge in [0.1, 0.15) is 5.78 Å². The van der Waals surface area contributed by atoms with Crippen molar-refractivity contribution in [2.75, 3.05) is 4.43 Å². The second-order valence-corrected chi connectivity index (χ2v) is 5.83. The molecule has 13 heavy (non-hydrogen) atoms. The van der Waals surface area contributed by atoms with E-state index in [1.807, 2.05) is 0 Å². The van der Waals surface area contributed by atoms with Crippen molar-refractivity contribution in [3.8, 4) is 0 Å². The van der Waals surface area contributed by atoms with E-state index in [4.69, 9.17) is 0 Å². The smallest absolute Gasteiger partial charge is 0.142 e. The van der Waals surface area contributed by atoms with E-state index >= 15 is 0 Å². The van der Waals surface area contributed by atoms with Gasteiger partial charge in [-0.15, -0.1) is 0 Å². The van der Waals surface area contributed by atoms with Gasteiger partial charge in [-0.2, -0.15) is 0 Å². The van der Waals surface area contributed by atoms with E-state index < -0.39 is 0 Å². The van der Waals surface area contributed by atoms with Crippen molar-refractivity contribution in [2.24, 2.45) is 17.3 Å². The average Bonchev–Trinajstić information content (AvgIpc) is 2.30. The van der Waals surface area contributed by atoms with Crippen molar-refractivity contribution in [2.45, 2.75) is 40.0 Å². The molecule has 0 aromatic rings. The molecule has 0 spiro atoms. The predicted molar refractivity (Wildman–Crippen MR) is 64.2 cm³/mol. The normalized spacial score (nSPS) is 34.5. The fourth-order valence-corrected chi connectivity index (χ4v) is 3.46. The summed E-state index contributed by atoms with van der Waals surface area (Å²) in [5.41, 5.74) is 0.0100. The minimum absolute atomic E-state index is 0.0100. The monoisotopic (exact) mass is 294 g/mol. The molecule has 1 saturated carbocycles. The molecule has 0 bridgehead atoms. The Balaban J connectivity index is 2.69. The molecule has 1 unspecified atom stereocenters. The van der Waals surface area contributed by atoms with Gasteiger partial charge in [0.15, 0.2) is 0 Å². The fourth-order valence-electron chi connectivity index (χ4n) is 2.27. The Hall–Kier alpha value is 0.400. The molecular formula is C11H19IO. The molecule has 2 heteroatoms. The fraction of sp³-hybridized carbons (Fsp3) is 0.909. The lowest BCUT2D eigenvalue weighted by atomic mass is 9.82. The summed E-state index contributed by atoms with van der Waals surface area (Å²) in [4.78, 5) is 12.1. The van der Waals surface area contributed by atoms with Gasteiger partial charge in [0.05, 0.1) is 0 Å². The van der Waals surface area contributed by atoms with E-state index in [0.717, 1.165) is 23.7 Å². The highest BCUT2D eigenvalue weighted by atomic mass is 127. The van der Waals surface area contributed by atoms with Crippen LogP contribution in [0, 0.1) is 17.3 Å². The molecule has 0 aromatic heterocycles. The summed E-state index contributed by atoms with van der Waals surface area (Å²) in [6.45, 7) is 6.48. The lowest BCUT2D eigenvalue weighted by Gasteiger charge is -2.22. The third kappa shape index (κ3) is 2.25. The molecule has 2 atom stereocenters. The molecule has 0 radical (unpaired) electrons. The molecular weight excluding hydrogens is 275 g/mol. The highest BCUT2D eigenvalue weighted by Gasteiger charge is 2.44. The van der Waals surface area contributed by atoms with Gasteiger partial charge in [0, 0.05) is 15.8 Å². The Labute approximate surface area is 94.8 Å². The lowest BCUT2D eigenvalue weighted by Crippen LogP contribution is -2.27. The topological polar surface area (TPSA) is 17.1 Å². The number of halogens is 1. The van der Waals surface area contributed by atoms with Crippen molar-refractivity contribution in [3.05, 3.63) is 0 Å². The summed E-state index contributed by atoms with van der Waals surface area (Å²) >= 11 is 2.37. The van der Waals surface area contributed by atoms with Gasteiger partial charge in [-0.05, 0) is 25.2 Å². The summed E-state index contributed by atoms with van der Waals surface area (Å²) in [7, 11) is 0. The minimum Gasteiger partial charge on any atom is -0.299 e. The molecule has 0 aliphatic heterocycles. The second kappa shape index (κ2) is 4.28. The summed E-state index contributed by atoms with van der Waals surface area (Å²) in [5.74, 6) is 1.40. The third-order valence-corrected chi connectivity index (χ3v) is 3.93. The number of alkyl halides is 1. The number of carbonyl (C=O) groups excluding carboxylic acids is 1. The zero-order valence-corrected chi connectivity index (χ0v) is 10.9. The Morgan fingerprint density at radius 1 is 1.62 bits per heavy atom. The van der Waals surface area contributed by atoms with Gasteiger partial charge in [-0.1, -0.05) is 43.4 Å². The average molecular weight is 294 g/mol. The van der Waals surface area contributed by atoms with Crippen LogP contribution in [0.3, 0.4) is 0 Å². The zero-order chi connectivity index (χ0) is 10.1. The summed E-state index contributed by atoms with van der Waals surface area (Å²) < 4.78 is 1.10. The van der Waals surface area contributed by atoms with Gasteiger partial charge in [-0.25, -0.2) is 0 Å². The number of Topliss-reactive ketones (excluding diaryl/α,β-unsaturated/α-hetero) is 1. The van der Waals surface area contributed by atoms with Crippen LogP contribution in [0.25, 0.3) is 0 Å². The Morgan fingerprint density at radius 3 is 2.62 bits per heavy atom. The van der Waals surface area contributed by atoms with Crippen LogP contribution in [0.1, 0.15) is 40.0 Å². The number of hydrogen-bond donors (Lipinski definition) is 0. The van der Waals surface area contributed by atoms with E-state index in [1.165, 1.54) is 0 Å². The maximum Gasteiger partial charge on any atom is 0.142 e. The van der Waals surface area contributed by atoms with Crippen molar-refractivity contribution in [1.29, 1.82) is 0 Å². The van der Waals surface area contributed by atoms with Crippen LogP contribution in [0.4, 0.5) is 0 Å². The van der Waals surface area contributed by atoms with Crippen molar-refractivity contribution >= 4 is 28.4 Å². The Kier molecular flexibility index (Phi) is 3.78. The van der Waals surface area contributed by atoms with Crippen LogP contribution in [0.2, 0.25) is 0 Å². The number of rotatable bonds is 3. The van der Waals surface area contributed by atoms with Gasteiger partial charge in [0.25, 0.3) is 0 Å². The van der Waals surface area contributed by atoms with E-state index in [-0.39, 0.29) is 5.41 Å². The highest BCUT2D eigenvalue weighted by Crippen LogP contribution is 2.43.